The summed E-state index contributed by atoms with van der Waals surface area (Å²) >= 11 is 0. The van der Waals surface area contributed by atoms with Crippen molar-refractivity contribution in [3.63, 3.8) is 0 Å². The average Bonchev–Trinajstić information content (AvgIpc) is 3.10. The van der Waals surface area contributed by atoms with Crippen molar-refractivity contribution in [2.24, 2.45) is 5.92 Å². The average molecular weight is 393 g/mol. The predicted molar refractivity (Wildman–Crippen MR) is 109 cm³/mol. The van der Waals surface area contributed by atoms with Crippen molar-refractivity contribution < 1.29 is 14.3 Å². The molecule has 1 atom stereocenters. The lowest BCUT2D eigenvalue weighted by Gasteiger charge is -2.47. The quantitative estimate of drug-likeness (QED) is 0.848. The lowest BCUT2D eigenvalue weighted by atomic mass is 9.85. The molecular formula is C23H27N3O3. The van der Waals surface area contributed by atoms with Gasteiger partial charge in [-0.1, -0.05) is 17.7 Å². The molecular weight excluding hydrogens is 366 g/mol. The second-order valence-electron chi connectivity index (χ2n) is 8.38. The second kappa shape index (κ2) is 7.95. The summed E-state index contributed by atoms with van der Waals surface area (Å²) in [6.45, 7) is 6.30. The zero-order valence-electron chi connectivity index (χ0n) is 17.0. The Morgan fingerprint density at radius 2 is 1.97 bits per heavy atom. The summed E-state index contributed by atoms with van der Waals surface area (Å²) in [6, 6.07) is 9.70. The van der Waals surface area contributed by atoms with Gasteiger partial charge in [0.05, 0.1) is 19.7 Å². The normalized spacial score (nSPS) is 19.8. The van der Waals surface area contributed by atoms with Gasteiger partial charge in [0.2, 0.25) is 5.91 Å². The SMILES string of the molecule is Cc1ccc(C(=O)N2CC3(CC(CC(=O)NCc4ccncc4)CO3)C2)c(C)c1. The first-order valence-electron chi connectivity index (χ1n) is 10.1. The largest absolute Gasteiger partial charge is 0.371 e. The van der Waals surface area contributed by atoms with E-state index < -0.39 is 0 Å². The fourth-order valence-corrected chi connectivity index (χ4v) is 4.34. The third-order valence-corrected chi connectivity index (χ3v) is 5.86. The van der Waals surface area contributed by atoms with Crippen molar-refractivity contribution in [1.82, 2.24) is 15.2 Å². The molecule has 152 valence electrons. The zero-order chi connectivity index (χ0) is 20.4. The first kappa shape index (κ1) is 19.6. The van der Waals surface area contributed by atoms with Gasteiger partial charge < -0.3 is 15.0 Å². The van der Waals surface area contributed by atoms with Crippen molar-refractivity contribution in [2.75, 3.05) is 19.7 Å². The van der Waals surface area contributed by atoms with Crippen LogP contribution in [0.3, 0.4) is 0 Å². The minimum absolute atomic E-state index is 0.0370. The molecule has 0 saturated carbocycles. The van der Waals surface area contributed by atoms with Gasteiger partial charge >= 0.3 is 0 Å². The maximum Gasteiger partial charge on any atom is 0.254 e. The Morgan fingerprint density at radius 3 is 2.69 bits per heavy atom. The number of nitrogens with zero attached hydrogens (tertiary/aromatic N) is 2. The van der Waals surface area contributed by atoms with Crippen molar-refractivity contribution in [3.05, 3.63) is 65.0 Å². The van der Waals surface area contributed by atoms with Crippen LogP contribution >= 0.6 is 0 Å². The number of amides is 2. The van der Waals surface area contributed by atoms with E-state index in [9.17, 15) is 9.59 Å². The number of aryl methyl sites for hydroxylation is 2. The van der Waals surface area contributed by atoms with E-state index in [-0.39, 0.29) is 23.3 Å². The number of pyridine rings is 1. The fourth-order valence-electron chi connectivity index (χ4n) is 4.34. The third kappa shape index (κ3) is 4.32. The highest BCUT2D eigenvalue weighted by Gasteiger charge is 2.51. The molecule has 1 unspecified atom stereocenters. The second-order valence-corrected chi connectivity index (χ2v) is 8.38. The van der Waals surface area contributed by atoms with E-state index in [1.54, 1.807) is 12.4 Å². The van der Waals surface area contributed by atoms with Crippen molar-refractivity contribution in [2.45, 2.75) is 38.8 Å². The molecule has 1 aromatic carbocycles. The highest BCUT2D eigenvalue weighted by atomic mass is 16.5. The van der Waals surface area contributed by atoms with Crippen LogP contribution in [-0.4, -0.2) is 47.0 Å². The molecule has 2 aliphatic heterocycles. The molecule has 1 N–H and O–H groups in total. The van der Waals surface area contributed by atoms with E-state index in [1.165, 1.54) is 0 Å². The van der Waals surface area contributed by atoms with E-state index in [0.717, 1.165) is 28.7 Å². The van der Waals surface area contributed by atoms with Gasteiger partial charge in [0.1, 0.15) is 5.60 Å². The standard InChI is InChI=1S/C23H27N3O3/c1-16-3-4-20(17(2)9-16)22(28)26-14-23(15-26)11-19(13-29-23)10-21(27)25-12-18-5-7-24-8-6-18/h3-9,19H,10-15H2,1-2H3,(H,25,27). The number of benzene rings is 1. The van der Waals surface area contributed by atoms with Gasteiger partial charge in [-0.15, -0.1) is 0 Å². The Kier molecular flexibility index (Phi) is 5.37. The van der Waals surface area contributed by atoms with Crippen molar-refractivity contribution in [1.29, 1.82) is 0 Å². The number of nitrogens with one attached hydrogen (secondary N) is 1. The highest BCUT2D eigenvalue weighted by molar-refractivity contribution is 5.96. The molecule has 2 aliphatic rings. The number of hydrogen-bond acceptors (Lipinski definition) is 4. The third-order valence-electron chi connectivity index (χ3n) is 5.86. The molecule has 1 aromatic heterocycles. The number of aromatic nitrogens is 1. The summed E-state index contributed by atoms with van der Waals surface area (Å²) < 4.78 is 6.04. The first-order valence-corrected chi connectivity index (χ1v) is 10.1. The minimum Gasteiger partial charge on any atom is -0.371 e. The van der Waals surface area contributed by atoms with E-state index >= 15 is 0 Å². The predicted octanol–water partition coefficient (Wildman–Crippen LogP) is 2.64. The molecule has 6 heteroatoms. The molecule has 3 heterocycles. The van der Waals surface area contributed by atoms with Gasteiger partial charge in [-0.05, 0) is 55.5 Å². The van der Waals surface area contributed by atoms with Crippen LogP contribution in [0.15, 0.2) is 42.7 Å². The van der Waals surface area contributed by atoms with Gasteiger partial charge in [0, 0.05) is 30.9 Å². The lowest BCUT2D eigenvalue weighted by Crippen LogP contribution is -2.63. The van der Waals surface area contributed by atoms with Crippen molar-refractivity contribution >= 4 is 11.8 Å². The van der Waals surface area contributed by atoms with Crippen molar-refractivity contribution in [3.8, 4) is 0 Å². The lowest BCUT2D eigenvalue weighted by molar-refractivity contribution is -0.122. The van der Waals surface area contributed by atoms with E-state index in [0.29, 0.717) is 32.7 Å². The smallest absolute Gasteiger partial charge is 0.254 e. The molecule has 0 aliphatic carbocycles. The molecule has 2 saturated heterocycles. The number of hydrogen-bond donors (Lipinski definition) is 1. The van der Waals surface area contributed by atoms with Gasteiger partial charge in [0.25, 0.3) is 5.91 Å². The maximum absolute atomic E-state index is 12.8. The molecule has 2 fully saturated rings. The van der Waals surface area contributed by atoms with Crippen LogP contribution in [0.1, 0.15) is 39.9 Å². The summed E-state index contributed by atoms with van der Waals surface area (Å²) in [5.41, 5.74) is 3.68. The van der Waals surface area contributed by atoms with Gasteiger partial charge in [0.15, 0.2) is 0 Å². The summed E-state index contributed by atoms with van der Waals surface area (Å²) in [6.07, 6.45) is 4.72. The Labute approximate surface area is 171 Å². The Morgan fingerprint density at radius 1 is 1.21 bits per heavy atom. The molecule has 2 aromatic rings. The van der Waals surface area contributed by atoms with E-state index in [4.69, 9.17) is 4.74 Å². The minimum atomic E-state index is -0.274. The van der Waals surface area contributed by atoms with Gasteiger partial charge in [-0.2, -0.15) is 0 Å². The van der Waals surface area contributed by atoms with Crippen LogP contribution in [0.2, 0.25) is 0 Å². The monoisotopic (exact) mass is 393 g/mol. The molecule has 1 spiro atoms. The van der Waals surface area contributed by atoms with Gasteiger partial charge in [-0.25, -0.2) is 0 Å². The molecule has 0 radical (unpaired) electrons. The van der Waals surface area contributed by atoms with Crippen LogP contribution in [0.5, 0.6) is 0 Å². The summed E-state index contributed by atoms with van der Waals surface area (Å²) in [7, 11) is 0. The van der Waals surface area contributed by atoms with Crippen LogP contribution in [0.25, 0.3) is 0 Å². The van der Waals surface area contributed by atoms with E-state index in [1.807, 2.05) is 49.1 Å². The summed E-state index contributed by atoms with van der Waals surface area (Å²) in [4.78, 5) is 30.9. The number of rotatable bonds is 5. The van der Waals surface area contributed by atoms with E-state index in [2.05, 4.69) is 10.3 Å². The Hall–Kier alpha value is -2.73. The van der Waals surface area contributed by atoms with Crippen LogP contribution in [0, 0.1) is 19.8 Å². The maximum atomic E-state index is 12.8. The summed E-state index contributed by atoms with van der Waals surface area (Å²) in [5, 5.41) is 2.96. The number of carbonyl (C=O) groups is 2. The molecule has 29 heavy (non-hydrogen) atoms. The van der Waals surface area contributed by atoms with Crippen LogP contribution < -0.4 is 5.32 Å². The molecule has 6 nitrogen and oxygen atoms in total. The van der Waals surface area contributed by atoms with Gasteiger partial charge in [-0.3, -0.25) is 14.6 Å². The number of ether oxygens (including phenoxy) is 1. The Balaban J connectivity index is 1.25. The zero-order valence-corrected chi connectivity index (χ0v) is 17.0. The molecule has 2 amide bonds. The summed E-state index contributed by atoms with van der Waals surface area (Å²) in [5.74, 6) is 0.302. The molecule has 4 rings (SSSR count). The number of likely N-dealkylation sites (tertiary alicyclic amines) is 1. The molecule has 0 bridgehead atoms. The fraction of sp³-hybridized carbons (Fsp3) is 0.435. The highest BCUT2D eigenvalue weighted by Crippen LogP contribution is 2.39. The topological polar surface area (TPSA) is 71.5 Å². The first-order chi connectivity index (χ1) is 13.9. The van der Waals surface area contributed by atoms with Crippen LogP contribution in [-0.2, 0) is 16.1 Å². The van der Waals surface area contributed by atoms with Crippen LogP contribution in [0.4, 0.5) is 0 Å². The Bertz CT molecular complexity index is 907. The number of carbonyl (C=O) groups excluding carboxylic acids is 2.